The Kier molecular flexibility index (Phi) is 9.26. The molecular weight excluding hydrogens is 727 g/mol. The molecule has 1 aromatic heterocycles. The van der Waals surface area contributed by atoms with E-state index >= 15 is 0 Å². The Hall–Kier alpha value is -7.42. The highest BCUT2D eigenvalue weighted by Crippen LogP contribution is 2.50. The summed E-state index contributed by atoms with van der Waals surface area (Å²) in [6.45, 7) is 14.7. The summed E-state index contributed by atoms with van der Waals surface area (Å²) in [5, 5.41) is 1.08. The molecule has 8 aromatic rings. The van der Waals surface area contributed by atoms with Crippen LogP contribution in [0.1, 0.15) is 53.0 Å². The van der Waals surface area contributed by atoms with Gasteiger partial charge in [-0.15, -0.1) is 0 Å². The largest absolute Gasteiger partial charge is 0.456 e. The van der Waals surface area contributed by atoms with E-state index in [-0.39, 0.29) is 0 Å². The second kappa shape index (κ2) is 15.1. The zero-order chi connectivity index (χ0) is 40.9. The zero-order valence-corrected chi connectivity index (χ0v) is 34.3. The van der Waals surface area contributed by atoms with Gasteiger partial charge in [0, 0.05) is 27.9 Å². The van der Waals surface area contributed by atoms with Gasteiger partial charge in [-0.25, -0.2) is 0 Å². The minimum Gasteiger partial charge on any atom is -0.456 e. The molecule has 288 valence electrons. The summed E-state index contributed by atoms with van der Waals surface area (Å²) >= 11 is 0. The molecule has 0 unspecified atom stereocenters. The lowest BCUT2D eigenvalue weighted by molar-refractivity contribution is 0.603. The SMILES string of the molecule is C=CC1=C(/C=C\C)c2ccccc2-c2c(N(c3ccc(-c4ccc5c(c4)-c4ccccc4C5)cc3)c3ccc(-c4ccc5oc(C=C)c(/C=C\C)c5c4)cc3)ccc1c2C. The molecule has 0 amide bonds. The number of nitrogens with zero attached hydrogens (tertiary/aromatic N) is 1. The molecule has 1 heterocycles. The number of rotatable bonds is 9. The third kappa shape index (κ3) is 6.03. The molecule has 0 fully saturated rings. The predicted molar refractivity (Wildman–Crippen MR) is 257 cm³/mol. The third-order valence-corrected chi connectivity index (χ3v) is 12.3. The normalized spacial score (nSPS) is 12.8. The average Bonchev–Trinajstić information content (AvgIpc) is 3.83. The number of allylic oxidation sites excluding steroid dienone is 6. The zero-order valence-electron chi connectivity index (χ0n) is 34.3. The minimum absolute atomic E-state index is 0.787. The van der Waals surface area contributed by atoms with Crippen molar-refractivity contribution in [1.82, 2.24) is 0 Å². The van der Waals surface area contributed by atoms with Gasteiger partial charge in [0.1, 0.15) is 11.3 Å². The summed E-state index contributed by atoms with van der Waals surface area (Å²) in [4.78, 5) is 2.42. The molecule has 0 saturated heterocycles. The van der Waals surface area contributed by atoms with Crippen LogP contribution in [0.3, 0.4) is 0 Å². The minimum atomic E-state index is 0.787. The summed E-state index contributed by atoms with van der Waals surface area (Å²) < 4.78 is 6.13. The Labute approximate surface area is 353 Å². The van der Waals surface area contributed by atoms with Crippen LogP contribution in [-0.4, -0.2) is 0 Å². The van der Waals surface area contributed by atoms with Gasteiger partial charge in [-0.05, 0) is 160 Å². The van der Waals surface area contributed by atoms with Gasteiger partial charge in [0.2, 0.25) is 0 Å². The fourth-order valence-electron chi connectivity index (χ4n) is 9.45. The molecule has 60 heavy (non-hydrogen) atoms. The van der Waals surface area contributed by atoms with Crippen LogP contribution in [0.15, 0.2) is 187 Å². The molecular formula is C58H45NO. The van der Waals surface area contributed by atoms with E-state index in [1.165, 1.54) is 66.8 Å². The highest BCUT2D eigenvalue weighted by atomic mass is 16.3. The Bertz CT molecular complexity index is 3110. The molecule has 10 rings (SSSR count). The highest BCUT2D eigenvalue weighted by Gasteiger charge is 2.27. The quantitative estimate of drug-likeness (QED) is 0.145. The van der Waals surface area contributed by atoms with Crippen molar-refractivity contribution in [2.75, 3.05) is 4.90 Å². The summed E-state index contributed by atoms with van der Waals surface area (Å²) in [5.74, 6) is 0.787. The maximum absolute atomic E-state index is 6.13. The third-order valence-electron chi connectivity index (χ3n) is 12.3. The van der Waals surface area contributed by atoms with Crippen LogP contribution in [0, 0.1) is 6.92 Å². The first-order valence-corrected chi connectivity index (χ1v) is 20.8. The van der Waals surface area contributed by atoms with Gasteiger partial charge in [0.05, 0.1) is 5.69 Å². The van der Waals surface area contributed by atoms with Crippen molar-refractivity contribution in [1.29, 1.82) is 0 Å². The molecule has 2 heteroatoms. The maximum atomic E-state index is 6.13. The standard InChI is InChI=1S/C58H45NO/c1-6-14-49-46(8-3)47-31-32-55(58(37(47)5)52-19-13-12-18-50(49)52)59(44-27-22-38(23-28-44)40-20-21-43-34-42-16-10-11-17-48(42)53(43)35-40)45-29-24-39(25-30-45)41-26-33-57-54(36-41)51(15-7-2)56(9-4)60-57/h6-33,35-36H,3-4,34H2,1-2,5H3/b14-6-,15-7-. The van der Waals surface area contributed by atoms with Gasteiger partial charge in [0.15, 0.2) is 0 Å². The molecule has 0 N–H and O–H groups in total. The van der Waals surface area contributed by atoms with E-state index in [9.17, 15) is 0 Å². The van der Waals surface area contributed by atoms with Crippen molar-refractivity contribution in [3.8, 4) is 44.5 Å². The first-order valence-electron chi connectivity index (χ1n) is 20.8. The van der Waals surface area contributed by atoms with Gasteiger partial charge in [-0.3, -0.25) is 0 Å². The van der Waals surface area contributed by atoms with Crippen molar-refractivity contribution >= 4 is 51.3 Å². The van der Waals surface area contributed by atoms with Crippen LogP contribution in [0.4, 0.5) is 17.1 Å². The molecule has 2 aliphatic rings. The first-order chi connectivity index (χ1) is 29.5. The van der Waals surface area contributed by atoms with E-state index in [4.69, 9.17) is 4.42 Å². The lowest BCUT2D eigenvalue weighted by Crippen LogP contribution is -2.12. The van der Waals surface area contributed by atoms with E-state index in [1.807, 2.05) is 19.1 Å². The topological polar surface area (TPSA) is 16.4 Å². The second-order valence-corrected chi connectivity index (χ2v) is 15.6. The number of hydrogen-bond donors (Lipinski definition) is 0. The van der Waals surface area contributed by atoms with Crippen LogP contribution in [0.25, 0.3) is 78.8 Å². The molecule has 0 aliphatic heterocycles. The Balaban J connectivity index is 1.12. The van der Waals surface area contributed by atoms with Crippen LogP contribution < -0.4 is 4.90 Å². The number of fused-ring (bicyclic) bond motifs is 8. The summed E-state index contributed by atoms with van der Waals surface area (Å²) in [7, 11) is 0. The van der Waals surface area contributed by atoms with Crippen molar-refractivity contribution in [2.24, 2.45) is 0 Å². The molecule has 0 atom stereocenters. The lowest BCUT2D eigenvalue weighted by Gasteiger charge is -2.30. The molecule has 0 saturated carbocycles. The summed E-state index contributed by atoms with van der Waals surface area (Å²) in [6, 6.07) is 53.6. The van der Waals surface area contributed by atoms with Crippen molar-refractivity contribution in [3.63, 3.8) is 0 Å². The number of hydrogen-bond acceptors (Lipinski definition) is 2. The fraction of sp³-hybridized carbons (Fsp3) is 0.0690. The Morgan fingerprint density at radius 2 is 1.15 bits per heavy atom. The molecule has 2 bridgehead atoms. The average molecular weight is 772 g/mol. The smallest absolute Gasteiger partial charge is 0.135 e. The maximum Gasteiger partial charge on any atom is 0.135 e. The molecule has 0 spiro atoms. The van der Waals surface area contributed by atoms with Gasteiger partial charge < -0.3 is 9.32 Å². The molecule has 7 aromatic carbocycles. The summed E-state index contributed by atoms with van der Waals surface area (Å²) in [6.07, 6.45) is 13.3. The van der Waals surface area contributed by atoms with Gasteiger partial charge in [0.25, 0.3) is 0 Å². The van der Waals surface area contributed by atoms with Crippen molar-refractivity contribution in [2.45, 2.75) is 27.2 Å². The van der Waals surface area contributed by atoms with E-state index in [2.05, 4.69) is 196 Å². The van der Waals surface area contributed by atoms with E-state index < -0.39 is 0 Å². The van der Waals surface area contributed by atoms with Crippen molar-refractivity contribution in [3.05, 3.63) is 222 Å². The van der Waals surface area contributed by atoms with Crippen molar-refractivity contribution < 1.29 is 4.42 Å². The molecule has 0 radical (unpaired) electrons. The second-order valence-electron chi connectivity index (χ2n) is 15.6. The number of furan rings is 1. The monoisotopic (exact) mass is 771 g/mol. The van der Waals surface area contributed by atoms with Crippen LogP contribution in [0.5, 0.6) is 0 Å². The fourth-order valence-corrected chi connectivity index (χ4v) is 9.45. The van der Waals surface area contributed by atoms with E-state index in [0.717, 1.165) is 62.5 Å². The van der Waals surface area contributed by atoms with E-state index in [0.29, 0.717) is 0 Å². The van der Waals surface area contributed by atoms with Gasteiger partial charge >= 0.3 is 0 Å². The molecule has 2 nitrogen and oxygen atoms in total. The Morgan fingerprint density at radius 3 is 1.83 bits per heavy atom. The van der Waals surface area contributed by atoms with Crippen LogP contribution in [0.2, 0.25) is 0 Å². The molecule has 2 aliphatic carbocycles. The van der Waals surface area contributed by atoms with Gasteiger partial charge in [-0.1, -0.05) is 141 Å². The Morgan fingerprint density at radius 1 is 0.533 bits per heavy atom. The first kappa shape index (κ1) is 36.9. The number of benzene rings is 7. The van der Waals surface area contributed by atoms with Gasteiger partial charge in [-0.2, -0.15) is 0 Å². The predicted octanol–water partition coefficient (Wildman–Crippen LogP) is 16.4. The highest BCUT2D eigenvalue weighted by molar-refractivity contribution is 6.09. The van der Waals surface area contributed by atoms with E-state index in [1.54, 1.807) is 6.08 Å². The lowest BCUT2D eigenvalue weighted by atomic mass is 9.91. The van der Waals surface area contributed by atoms with Crippen LogP contribution >= 0.6 is 0 Å². The summed E-state index contributed by atoms with van der Waals surface area (Å²) in [5.41, 5.74) is 23.7. The van der Waals surface area contributed by atoms with Crippen LogP contribution in [-0.2, 0) is 6.42 Å². The number of anilines is 3.